The molecule has 2 aliphatic heterocycles. The maximum absolute atomic E-state index is 12.8. The molecule has 3 heterocycles. The van der Waals surface area contributed by atoms with E-state index in [0.717, 1.165) is 24.2 Å². The minimum Gasteiger partial charge on any atom is -0.312 e. The molecule has 5 rings (SSSR count). The van der Waals surface area contributed by atoms with Gasteiger partial charge >= 0.3 is 0 Å². The summed E-state index contributed by atoms with van der Waals surface area (Å²) in [5.41, 5.74) is 3.66. The maximum Gasteiger partial charge on any atom is 0.257 e. The third-order valence-electron chi connectivity index (χ3n) is 5.12. The summed E-state index contributed by atoms with van der Waals surface area (Å²) in [5, 5.41) is 3.83. The van der Waals surface area contributed by atoms with Crippen molar-refractivity contribution in [2.24, 2.45) is 4.99 Å². The van der Waals surface area contributed by atoms with Crippen molar-refractivity contribution < 1.29 is 0 Å². The number of aryl methyl sites for hydroxylation is 1. The molecule has 0 spiro atoms. The van der Waals surface area contributed by atoms with Gasteiger partial charge in [-0.25, -0.2) is 9.98 Å². The number of fused-ring (bicyclic) bond motifs is 2. The van der Waals surface area contributed by atoms with E-state index in [1.807, 2.05) is 43.3 Å². The minimum absolute atomic E-state index is 0.162. The Kier molecular flexibility index (Phi) is 3.94. The number of nitrogens with zero attached hydrogens (tertiary/aromatic N) is 4. The standard InChI is InChI=1S/C21H18ClN5O/c1-13-12-18(28)27-19(15-7-3-4-8-16(15)22)24-20(25-21(27)23-13)26-11-10-14-6-2-5-9-17(14)26/h2-9,12,19H,10-11H2,1H3,(H,23,24,25)/t19-/m0/s1. The molecule has 1 atom stereocenters. The summed E-state index contributed by atoms with van der Waals surface area (Å²) in [6.07, 6.45) is 0.370. The SMILES string of the molecule is Cc1cc(=O)n2c(n1)NC(N1CCc3ccccc31)=N[C@@H]2c1ccccc1Cl. The van der Waals surface area contributed by atoms with Crippen LogP contribution in [-0.2, 0) is 6.42 Å². The third kappa shape index (κ3) is 2.68. The predicted octanol–water partition coefficient (Wildman–Crippen LogP) is 3.60. The summed E-state index contributed by atoms with van der Waals surface area (Å²) in [4.78, 5) is 24.4. The molecule has 0 fully saturated rings. The van der Waals surface area contributed by atoms with E-state index >= 15 is 0 Å². The lowest BCUT2D eigenvalue weighted by Gasteiger charge is -2.31. The number of anilines is 2. The minimum atomic E-state index is -0.576. The highest BCUT2D eigenvalue weighted by molar-refractivity contribution is 6.31. The first kappa shape index (κ1) is 17.0. The quantitative estimate of drug-likeness (QED) is 0.688. The van der Waals surface area contributed by atoms with Crippen molar-refractivity contribution in [1.82, 2.24) is 9.55 Å². The molecular formula is C21H18ClN5O. The zero-order valence-corrected chi connectivity index (χ0v) is 16.0. The summed E-state index contributed by atoms with van der Waals surface area (Å²) in [5.74, 6) is 1.15. The molecule has 0 aliphatic carbocycles. The fourth-order valence-corrected chi connectivity index (χ4v) is 4.06. The fourth-order valence-electron chi connectivity index (χ4n) is 3.82. The number of aliphatic imine (C=N–C) groups is 1. The average molecular weight is 392 g/mol. The smallest absolute Gasteiger partial charge is 0.257 e. The fraction of sp³-hybridized carbons (Fsp3) is 0.190. The average Bonchev–Trinajstić information content (AvgIpc) is 3.11. The van der Waals surface area contributed by atoms with Crippen molar-refractivity contribution in [1.29, 1.82) is 0 Å². The van der Waals surface area contributed by atoms with Gasteiger partial charge < -0.3 is 4.90 Å². The molecule has 2 aromatic carbocycles. The highest BCUT2D eigenvalue weighted by Gasteiger charge is 2.31. The predicted molar refractivity (Wildman–Crippen MR) is 111 cm³/mol. The Morgan fingerprint density at radius 2 is 1.93 bits per heavy atom. The van der Waals surface area contributed by atoms with Crippen LogP contribution in [0.1, 0.15) is 23.0 Å². The van der Waals surface area contributed by atoms with Crippen LogP contribution >= 0.6 is 11.6 Å². The Morgan fingerprint density at radius 3 is 2.79 bits per heavy atom. The normalized spacial score (nSPS) is 17.6. The number of para-hydroxylation sites is 1. The second-order valence-electron chi connectivity index (χ2n) is 6.93. The van der Waals surface area contributed by atoms with Crippen molar-refractivity contribution >= 4 is 29.2 Å². The summed E-state index contributed by atoms with van der Waals surface area (Å²) in [6, 6.07) is 17.3. The van der Waals surface area contributed by atoms with Crippen molar-refractivity contribution in [2.75, 3.05) is 16.8 Å². The van der Waals surface area contributed by atoms with Crippen LogP contribution in [0.5, 0.6) is 0 Å². The number of halogens is 1. The highest BCUT2D eigenvalue weighted by Crippen LogP contribution is 2.33. The Labute approximate surface area is 167 Å². The lowest BCUT2D eigenvalue weighted by atomic mass is 10.1. The first-order valence-electron chi connectivity index (χ1n) is 9.17. The first-order valence-corrected chi connectivity index (χ1v) is 9.54. The van der Waals surface area contributed by atoms with E-state index in [1.165, 1.54) is 11.6 Å². The van der Waals surface area contributed by atoms with Gasteiger partial charge in [-0.05, 0) is 31.0 Å². The summed E-state index contributed by atoms with van der Waals surface area (Å²) in [6.45, 7) is 2.63. The third-order valence-corrected chi connectivity index (χ3v) is 5.46. The van der Waals surface area contributed by atoms with Crippen LogP contribution in [0.4, 0.5) is 11.6 Å². The van der Waals surface area contributed by atoms with Crippen LogP contribution in [0.25, 0.3) is 0 Å². The lowest BCUT2D eigenvalue weighted by molar-refractivity contribution is 0.575. The van der Waals surface area contributed by atoms with Gasteiger partial charge in [-0.2, -0.15) is 0 Å². The number of benzene rings is 2. The van der Waals surface area contributed by atoms with Crippen LogP contribution in [0.3, 0.4) is 0 Å². The molecule has 0 saturated carbocycles. The number of hydrogen-bond donors (Lipinski definition) is 1. The van der Waals surface area contributed by atoms with Gasteiger partial charge in [0, 0.05) is 34.6 Å². The van der Waals surface area contributed by atoms with Gasteiger partial charge in [-0.3, -0.25) is 14.7 Å². The second-order valence-corrected chi connectivity index (χ2v) is 7.34. The van der Waals surface area contributed by atoms with Gasteiger partial charge in [0.25, 0.3) is 5.56 Å². The van der Waals surface area contributed by atoms with E-state index < -0.39 is 6.17 Å². The molecule has 1 aromatic heterocycles. The lowest BCUT2D eigenvalue weighted by Crippen LogP contribution is -2.43. The first-order chi connectivity index (χ1) is 13.6. The van der Waals surface area contributed by atoms with Gasteiger partial charge in [0.1, 0.15) is 0 Å². The van der Waals surface area contributed by atoms with Gasteiger partial charge in [0.05, 0.1) is 0 Å². The summed E-state index contributed by atoms with van der Waals surface area (Å²) >= 11 is 6.46. The zero-order valence-electron chi connectivity index (χ0n) is 15.3. The van der Waals surface area contributed by atoms with Gasteiger partial charge in [0.2, 0.25) is 11.9 Å². The maximum atomic E-state index is 12.8. The van der Waals surface area contributed by atoms with E-state index in [2.05, 4.69) is 27.3 Å². The second kappa shape index (κ2) is 6.49. The van der Waals surface area contributed by atoms with E-state index in [1.54, 1.807) is 4.57 Å². The Bertz CT molecular complexity index is 1170. The molecular weight excluding hydrogens is 374 g/mol. The zero-order chi connectivity index (χ0) is 19.3. The van der Waals surface area contributed by atoms with Crippen LogP contribution in [0.15, 0.2) is 64.4 Å². The topological polar surface area (TPSA) is 62.5 Å². The Balaban J connectivity index is 1.69. The number of aromatic nitrogens is 2. The molecule has 7 heteroatoms. The molecule has 6 nitrogen and oxygen atoms in total. The van der Waals surface area contributed by atoms with E-state index in [0.29, 0.717) is 22.6 Å². The Hall–Kier alpha value is -3.12. The van der Waals surface area contributed by atoms with Crippen molar-refractivity contribution in [2.45, 2.75) is 19.5 Å². The summed E-state index contributed by atoms with van der Waals surface area (Å²) in [7, 11) is 0. The van der Waals surface area contributed by atoms with Crippen LogP contribution < -0.4 is 15.8 Å². The molecule has 0 bridgehead atoms. The molecule has 0 amide bonds. The molecule has 28 heavy (non-hydrogen) atoms. The van der Waals surface area contributed by atoms with Crippen LogP contribution in [0, 0.1) is 6.92 Å². The van der Waals surface area contributed by atoms with Gasteiger partial charge in [0.15, 0.2) is 6.17 Å². The largest absolute Gasteiger partial charge is 0.312 e. The molecule has 2 aliphatic rings. The van der Waals surface area contributed by atoms with Crippen LogP contribution in [0.2, 0.25) is 5.02 Å². The molecule has 3 aromatic rings. The number of guanidine groups is 1. The molecule has 0 saturated heterocycles. The molecule has 0 radical (unpaired) electrons. The van der Waals surface area contributed by atoms with Gasteiger partial charge in [-0.15, -0.1) is 0 Å². The van der Waals surface area contributed by atoms with E-state index in [-0.39, 0.29) is 5.56 Å². The van der Waals surface area contributed by atoms with Crippen molar-refractivity contribution in [3.63, 3.8) is 0 Å². The number of nitrogens with one attached hydrogen (secondary N) is 1. The highest BCUT2D eigenvalue weighted by atomic mass is 35.5. The molecule has 1 N–H and O–H groups in total. The van der Waals surface area contributed by atoms with E-state index in [9.17, 15) is 4.79 Å². The molecule has 140 valence electrons. The van der Waals surface area contributed by atoms with Crippen LogP contribution in [-0.4, -0.2) is 22.1 Å². The van der Waals surface area contributed by atoms with Crippen molar-refractivity contribution in [3.05, 3.63) is 86.8 Å². The van der Waals surface area contributed by atoms with Crippen molar-refractivity contribution in [3.8, 4) is 0 Å². The number of rotatable bonds is 1. The van der Waals surface area contributed by atoms with Gasteiger partial charge in [-0.1, -0.05) is 48.0 Å². The monoisotopic (exact) mass is 391 g/mol. The number of hydrogen-bond acceptors (Lipinski definition) is 5. The molecule has 0 unspecified atom stereocenters. The summed E-state index contributed by atoms with van der Waals surface area (Å²) < 4.78 is 1.56. The van der Waals surface area contributed by atoms with E-state index in [4.69, 9.17) is 16.6 Å². The Morgan fingerprint density at radius 1 is 1.14 bits per heavy atom.